The lowest BCUT2D eigenvalue weighted by Gasteiger charge is -2.26. The molecule has 0 heterocycles. The number of alkyl halides is 3. The van der Waals surface area contributed by atoms with Gasteiger partial charge in [0, 0.05) is 11.3 Å². The lowest BCUT2D eigenvalue weighted by molar-refractivity contribution is -0.137. The Labute approximate surface area is 212 Å². The van der Waals surface area contributed by atoms with Gasteiger partial charge < -0.3 is 20.1 Å². The van der Waals surface area contributed by atoms with E-state index in [-0.39, 0.29) is 12.2 Å². The fraction of sp³-hybridized carbons (Fsp3) is 0.385. The highest BCUT2D eigenvalue weighted by atomic mass is 19.4. The largest absolute Gasteiger partial charge is 0.444 e. The first-order chi connectivity index (χ1) is 17.1. The minimum absolute atomic E-state index is 0.0532. The summed E-state index contributed by atoms with van der Waals surface area (Å²) in [5.74, 6) is -1.56. The third-order valence-corrected chi connectivity index (χ3v) is 4.93. The third-order valence-electron chi connectivity index (χ3n) is 4.93. The highest BCUT2D eigenvalue weighted by Crippen LogP contribution is 2.29. The molecule has 2 aromatic rings. The minimum atomic E-state index is -4.50. The van der Waals surface area contributed by atoms with Gasteiger partial charge in [0.25, 0.3) is 5.91 Å². The first-order valence-corrected chi connectivity index (χ1v) is 11.3. The molecule has 11 heteroatoms. The Morgan fingerprint density at radius 2 is 1.43 bits per heavy atom. The number of nitrogens with one attached hydrogen (secondary N) is 2. The second-order valence-electron chi connectivity index (χ2n) is 9.30. The molecular formula is C26H29F3N2O6. The number of ether oxygens (including phenoxy) is 2. The fourth-order valence-corrected chi connectivity index (χ4v) is 3.16. The first-order valence-electron chi connectivity index (χ1n) is 11.3. The zero-order valence-corrected chi connectivity index (χ0v) is 21.1. The SMILES string of the molecule is CC(=O)[C@@H](NC(=O)OC(C)(C)C)[C@H](OCc1ccc(NC(=O)c2ccc(C(F)(F)F)cc2)cc1)C(C)=O. The molecule has 2 amide bonds. The molecule has 0 radical (unpaired) electrons. The number of ketones is 2. The van der Waals surface area contributed by atoms with Crippen LogP contribution >= 0.6 is 0 Å². The Bertz CT molecular complexity index is 1120. The molecule has 2 rings (SSSR count). The van der Waals surface area contributed by atoms with Gasteiger partial charge in [0.2, 0.25) is 0 Å². The highest BCUT2D eigenvalue weighted by Gasteiger charge is 2.33. The zero-order chi connectivity index (χ0) is 28.0. The number of benzene rings is 2. The van der Waals surface area contributed by atoms with Gasteiger partial charge in [-0.2, -0.15) is 13.2 Å². The molecule has 2 N–H and O–H groups in total. The van der Waals surface area contributed by atoms with Crippen molar-refractivity contribution in [3.63, 3.8) is 0 Å². The van der Waals surface area contributed by atoms with Crippen molar-refractivity contribution in [2.45, 2.75) is 65.1 Å². The molecule has 0 aliphatic carbocycles. The topological polar surface area (TPSA) is 111 Å². The summed E-state index contributed by atoms with van der Waals surface area (Å²) in [5.41, 5.74) is -0.631. The zero-order valence-electron chi connectivity index (χ0n) is 21.1. The molecule has 0 aromatic heterocycles. The van der Waals surface area contributed by atoms with E-state index in [9.17, 15) is 32.3 Å². The Kier molecular flexibility index (Phi) is 9.57. The van der Waals surface area contributed by atoms with E-state index in [1.807, 2.05) is 0 Å². The monoisotopic (exact) mass is 522 g/mol. The van der Waals surface area contributed by atoms with Crippen LogP contribution in [-0.4, -0.2) is 41.3 Å². The van der Waals surface area contributed by atoms with E-state index < -0.39 is 53.1 Å². The predicted octanol–water partition coefficient (Wildman–Crippen LogP) is 4.91. The Morgan fingerprint density at radius 1 is 0.865 bits per heavy atom. The van der Waals surface area contributed by atoms with E-state index in [0.717, 1.165) is 24.3 Å². The summed E-state index contributed by atoms with van der Waals surface area (Å²) in [6, 6.07) is 8.86. The molecule has 37 heavy (non-hydrogen) atoms. The van der Waals surface area contributed by atoms with Crippen LogP contribution < -0.4 is 10.6 Å². The molecule has 2 atom stereocenters. The average molecular weight is 523 g/mol. The lowest BCUT2D eigenvalue weighted by atomic mass is 10.0. The lowest BCUT2D eigenvalue weighted by Crippen LogP contribution is -2.52. The summed E-state index contributed by atoms with van der Waals surface area (Å²) in [5, 5.41) is 4.96. The molecule has 2 aromatic carbocycles. The van der Waals surface area contributed by atoms with Gasteiger partial charge in [-0.1, -0.05) is 12.1 Å². The average Bonchev–Trinajstić information content (AvgIpc) is 2.77. The molecule has 8 nitrogen and oxygen atoms in total. The number of amides is 2. The van der Waals surface area contributed by atoms with Crippen molar-refractivity contribution in [2.24, 2.45) is 0 Å². The molecular weight excluding hydrogens is 493 g/mol. The van der Waals surface area contributed by atoms with Crippen LogP contribution in [0.5, 0.6) is 0 Å². The van der Waals surface area contributed by atoms with Gasteiger partial charge >= 0.3 is 12.3 Å². The van der Waals surface area contributed by atoms with Crippen molar-refractivity contribution in [1.29, 1.82) is 0 Å². The van der Waals surface area contributed by atoms with Crippen molar-refractivity contribution in [1.82, 2.24) is 5.32 Å². The van der Waals surface area contributed by atoms with E-state index in [4.69, 9.17) is 9.47 Å². The smallest absolute Gasteiger partial charge is 0.416 e. The van der Waals surface area contributed by atoms with Crippen molar-refractivity contribution in [2.75, 3.05) is 5.32 Å². The van der Waals surface area contributed by atoms with Gasteiger partial charge in [-0.05, 0) is 76.6 Å². The molecule has 0 unspecified atom stereocenters. The number of hydrogen-bond donors (Lipinski definition) is 2. The maximum atomic E-state index is 12.7. The van der Waals surface area contributed by atoms with E-state index in [1.165, 1.54) is 13.8 Å². The normalized spacial score (nSPS) is 13.3. The van der Waals surface area contributed by atoms with E-state index in [1.54, 1.807) is 45.0 Å². The van der Waals surface area contributed by atoms with Crippen LogP contribution in [0.4, 0.5) is 23.7 Å². The molecule has 0 aliphatic rings. The standard InChI is InChI=1S/C26H29F3N2O6/c1-15(32)21(31-24(35)37-25(3,4)5)22(16(2)33)36-14-17-6-12-20(13-7-17)30-23(34)18-8-10-19(11-9-18)26(27,28)29/h6-13,21-22H,14H2,1-5H3,(H,30,34)(H,31,35)/t21-,22-/m1/s1. The predicted molar refractivity (Wildman–Crippen MR) is 129 cm³/mol. The summed E-state index contributed by atoms with van der Waals surface area (Å²) in [6.07, 6.45) is -6.62. The maximum Gasteiger partial charge on any atom is 0.416 e. The van der Waals surface area contributed by atoms with E-state index in [0.29, 0.717) is 11.3 Å². The fourth-order valence-electron chi connectivity index (χ4n) is 3.16. The second kappa shape index (κ2) is 12.0. The van der Waals surface area contributed by atoms with E-state index in [2.05, 4.69) is 10.6 Å². The van der Waals surface area contributed by atoms with Crippen LogP contribution in [0.25, 0.3) is 0 Å². The quantitative estimate of drug-likeness (QED) is 0.484. The van der Waals surface area contributed by atoms with Gasteiger partial charge in [-0.15, -0.1) is 0 Å². The third kappa shape index (κ3) is 9.34. The van der Waals surface area contributed by atoms with Crippen LogP contribution in [0.3, 0.4) is 0 Å². The molecule has 0 saturated carbocycles. The van der Waals surface area contributed by atoms with Gasteiger partial charge in [0.05, 0.1) is 12.2 Å². The Morgan fingerprint density at radius 3 is 1.89 bits per heavy atom. The molecule has 0 spiro atoms. The summed E-state index contributed by atoms with van der Waals surface area (Å²) in [4.78, 5) is 48.8. The summed E-state index contributed by atoms with van der Waals surface area (Å²) >= 11 is 0. The van der Waals surface area contributed by atoms with Crippen molar-refractivity contribution in [3.05, 3.63) is 65.2 Å². The minimum Gasteiger partial charge on any atom is -0.444 e. The van der Waals surface area contributed by atoms with Crippen molar-refractivity contribution in [3.8, 4) is 0 Å². The number of hydrogen-bond acceptors (Lipinski definition) is 6. The number of rotatable bonds is 9. The van der Waals surface area contributed by atoms with Gasteiger partial charge in [-0.3, -0.25) is 14.4 Å². The molecule has 0 fully saturated rings. The maximum absolute atomic E-state index is 12.7. The van der Waals surface area contributed by atoms with Crippen LogP contribution in [0.1, 0.15) is 56.1 Å². The highest BCUT2D eigenvalue weighted by molar-refractivity contribution is 6.04. The molecule has 0 aliphatic heterocycles. The number of carbonyl (C=O) groups is 4. The van der Waals surface area contributed by atoms with Crippen molar-refractivity contribution >= 4 is 29.3 Å². The molecule has 0 saturated heterocycles. The Balaban J connectivity index is 2.02. The summed E-state index contributed by atoms with van der Waals surface area (Å²) in [6.45, 7) is 7.33. The first kappa shape index (κ1) is 29.5. The summed E-state index contributed by atoms with van der Waals surface area (Å²) in [7, 11) is 0. The van der Waals surface area contributed by atoms with Crippen LogP contribution in [0.2, 0.25) is 0 Å². The van der Waals surface area contributed by atoms with Crippen LogP contribution in [0, 0.1) is 0 Å². The number of carbonyl (C=O) groups excluding carboxylic acids is 4. The number of Topliss-reactive ketones (excluding diaryl/α,β-unsaturated/α-hetero) is 2. The number of halogens is 3. The van der Waals surface area contributed by atoms with Gasteiger partial charge in [0.1, 0.15) is 17.7 Å². The van der Waals surface area contributed by atoms with Crippen molar-refractivity contribution < 1.29 is 41.8 Å². The summed E-state index contributed by atoms with van der Waals surface area (Å²) < 4.78 is 48.9. The van der Waals surface area contributed by atoms with Crippen LogP contribution in [0.15, 0.2) is 48.5 Å². The van der Waals surface area contributed by atoms with Gasteiger partial charge in [0.15, 0.2) is 11.6 Å². The Hall–Kier alpha value is -3.73. The number of alkyl carbamates (subject to hydrolysis) is 1. The van der Waals surface area contributed by atoms with Gasteiger partial charge in [-0.25, -0.2) is 4.79 Å². The molecule has 200 valence electrons. The number of anilines is 1. The van der Waals surface area contributed by atoms with E-state index >= 15 is 0 Å². The molecule has 0 bridgehead atoms. The van der Waals surface area contributed by atoms with Crippen LogP contribution in [-0.2, 0) is 31.8 Å². The second-order valence-corrected chi connectivity index (χ2v) is 9.30.